The lowest BCUT2D eigenvalue weighted by atomic mass is 10.1. The van der Waals surface area contributed by atoms with Gasteiger partial charge < -0.3 is 16.0 Å². The topological polar surface area (TPSA) is 78.7 Å². The number of carbonyl (C=O) groups is 2. The molecule has 2 bridgehead atoms. The summed E-state index contributed by atoms with van der Waals surface area (Å²) in [6, 6.07) is 16.3. The number of anilines is 1. The Kier molecular flexibility index (Phi) is 5.05. The molecule has 2 aliphatic rings. The van der Waals surface area contributed by atoms with Gasteiger partial charge in [-0.2, -0.15) is 0 Å². The zero-order valence-electron chi connectivity index (χ0n) is 16.1. The summed E-state index contributed by atoms with van der Waals surface area (Å²) in [7, 11) is 0. The Labute approximate surface area is 165 Å². The van der Waals surface area contributed by atoms with Gasteiger partial charge in [0, 0.05) is 43.0 Å². The molecule has 146 valence electrons. The van der Waals surface area contributed by atoms with Crippen molar-refractivity contribution in [3.05, 3.63) is 65.2 Å². The van der Waals surface area contributed by atoms with Gasteiger partial charge in [-0.1, -0.05) is 36.4 Å². The Bertz CT molecular complexity index is 869. The molecule has 2 aliphatic heterocycles. The summed E-state index contributed by atoms with van der Waals surface area (Å²) in [6.45, 7) is 4.29. The first-order valence-corrected chi connectivity index (χ1v) is 9.77. The van der Waals surface area contributed by atoms with Crippen LogP contribution in [0.25, 0.3) is 0 Å². The monoisotopic (exact) mass is 378 g/mol. The summed E-state index contributed by atoms with van der Waals surface area (Å²) in [6.07, 6.45) is 2.24. The predicted octanol–water partition coefficient (Wildman–Crippen LogP) is 2.97. The van der Waals surface area contributed by atoms with E-state index in [1.54, 1.807) is 18.2 Å². The number of nitrogens with one attached hydrogen (secondary N) is 1. The number of nitrogens with two attached hydrogens (primary N) is 1. The van der Waals surface area contributed by atoms with Gasteiger partial charge in [0.15, 0.2) is 0 Å². The smallest absolute Gasteiger partial charge is 0.321 e. The van der Waals surface area contributed by atoms with Gasteiger partial charge >= 0.3 is 6.03 Å². The number of aryl methyl sites for hydroxylation is 1. The molecule has 4 rings (SSSR count). The Morgan fingerprint density at radius 1 is 1.07 bits per heavy atom. The highest BCUT2D eigenvalue weighted by Gasteiger charge is 2.41. The largest absolute Gasteiger partial charge is 0.366 e. The lowest BCUT2D eigenvalue weighted by molar-refractivity contribution is 0.0812. The molecular formula is C22H26N4O2. The molecule has 6 heteroatoms. The highest BCUT2D eigenvalue weighted by Crippen LogP contribution is 2.32. The number of urea groups is 1. The third-order valence-corrected chi connectivity index (χ3v) is 5.89. The second-order valence-electron chi connectivity index (χ2n) is 7.77. The predicted molar refractivity (Wildman–Crippen MR) is 109 cm³/mol. The molecule has 0 radical (unpaired) electrons. The minimum Gasteiger partial charge on any atom is -0.366 e. The van der Waals surface area contributed by atoms with Crippen molar-refractivity contribution in [3.63, 3.8) is 0 Å². The fourth-order valence-electron chi connectivity index (χ4n) is 4.31. The molecule has 0 aliphatic carbocycles. The summed E-state index contributed by atoms with van der Waals surface area (Å²) in [5.41, 5.74) is 8.62. The van der Waals surface area contributed by atoms with Crippen molar-refractivity contribution in [2.24, 2.45) is 5.73 Å². The van der Waals surface area contributed by atoms with Gasteiger partial charge in [-0.25, -0.2) is 4.79 Å². The molecule has 0 spiro atoms. The third kappa shape index (κ3) is 3.73. The second-order valence-corrected chi connectivity index (χ2v) is 7.77. The quantitative estimate of drug-likeness (QED) is 0.858. The number of rotatable bonds is 4. The number of hydrogen-bond acceptors (Lipinski definition) is 3. The summed E-state index contributed by atoms with van der Waals surface area (Å²) in [5, 5.41) is 2.97. The standard InChI is InChI=1S/C22H26N4O2/c1-15-7-8-17(21(23)27)11-20(15)24-22(28)25-13-18-9-10-19(14-25)26(18)12-16-5-3-2-4-6-16/h2-8,11,18-19H,9-10,12-14H2,1H3,(H2,23,27)(H,24,28). The van der Waals surface area contributed by atoms with Crippen LogP contribution in [-0.2, 0) is 6.54 Å². The van der Waals surface area contributed by atoms with Crippen LogP contribution in [0.3, 0.4) is 0 Å². The highest BCUT2D eigenvalue weighted by atomic mass is 16.2. The van der Waals surface area contributed by atoms with E-state index in [-0.39, 0.29) is 6.03 Å². The number of fused-ring (bicyclic) bond motifs is 2. The number of likely N-dealkylation sites (tertiary alicyclic amines) is 1. The zero-order valence-corrected chi connectivity index (χ0v) is 16.1. The molecule has 2 unspecified atom stereocenters. The minimum atomic E-state index is -0.497. The fraction of sp³-hybridized carbons (Fsp3) is 0.364. The third-order valence-electron chi connectivity index (χ3n) is 5.89. The molecule has 3 amide bonds. The van der Waals surface area contributed by atoms with E-state index < -0.39 is 5.91 Å². The Hall–Kier alpha value is -2.86. The van der Waals surface area contributed by atoms with E-state index in [9.17, 15) is 9.59 Å². The van der Waals surface area contributed by atoms with Crippen molar-refractivity contribution in [1.82, 2.24) is 9.80 Å². The van der Waals surface area contributed by atoms with Crippen LogP contribution in [0.2, 0.25) is 0 Å². The number of amides is 3. The van der Waals surface area contributed by atoms with Crippen LogP contribution in [0.15, 0.2) is 48.5 Å². The molecule has 0 aromatic heterocycles. The van der Waals surface area contributed by atoms with Crippen LogP contribution >= 0.6 is 0 Å². The van der Waals surface area contributed by atoms with Crippen molar-refractivity contribution in [1.29, 1.82) is 0 Å². The number of hydrogen-bond donors (Lipinski definition) is 2. The molecule has 2 fully saturated rings. The minimum absolute atomic E-state index is 0.110. The van der Waals surface area contributed by atoms with Gasteiger partial charge in [0.1, 0.15) is 0 Å². The molecule has 2 aromatic carbocycles. The van der Waals surface area contributed by atoms with Gasteiger partial charge in [0.25, 0.3) is 0 Å². The number of primary amides is 1. The molecule has 2 heterocycles. The molecule has 28 heavy (non-hydrogen) atoms. The van der Waals surface area contributed by atoms with E-state index in [2.05, 4.69) is 34.5 Å². The van der Waals surface area contributed by atoms with Crippen LogP contribution < -0.4 is 11.1 Å². The van der Waals surface area contributed by atoms with E-state index in [4.69, 9.17) is 5.73 Å². The molecular weight excluding hydrogens is 352 g/mol. The van der Waals surface area contributed by atoms with Crippen molar-refractivity contribution in [2.75, 3.05) is 18.4 Å². The summed E-state index contributed by atoms with van der Waals surface area (Å²) >= 11 is 0. The van der Waals surface area contributed by atoms with Crippen molar-refractivity contribution >= 4 is 17.6 Å². The lowest BCUT2D eigenvalue weighted by Gasteiger charge is -2.41. The van der Waals surface area contributed by atoms with Crippen LogP contribution in [0.4, 0.5) is 10.5 Å². The molecule has 2 aromatic rings. The first-order chi connectivity index (χ1) is 13.5. The number of carbonyl (C=O) groups excluding carboxylic acids is 2. The van der Waals surface area contributed by atoms with Gasteiger partial charge in [-0.3, -0.25) is 9.69 Å². The average molecular weight is 378 g/mol. The van der Waals surface area contributed by atoms with Crippen molar-refractivity contribution in [2.45, 2.75) is 38.4 Å². The number of piperazine rings is 1. The van der Waals surface area contributed by atoms with E-state index in [1.807, 2.05) is 17.9 Å². The summed E-state index contributed by atoms with van der Waals surface area (Å²) < 4.78 is 0. The average Bonchev–Trinajstić information content (AvgIpc) is 2.91. The van der Waals surface area contributed by atoms with Crippen molar-refractivity contribution in [3.8, 4) is 0 Å². The van der Waals surface area contributed by atoms with Gasteiger partial charge in [0.05, 0.1) is 0 Å². The van der Waals surface area contributed by atoms with Gasteiger partial charge in [0.2, 0.25) is 5.91 Å². The molecule has 6 nitrogen and oxygen atoms in total. The maximum Gasteiger partial charge on any atom is 0.321 e. The molecule has 0 saturated carbocycles. The zero-order chi connectivity index (χ0) is 19.7. The van der Waals surface area contributed by atoms with Crippen LogP contribution in [-0.4, -0.2) is 46.9 Å². The number of nitrogens with zero attached hydrogens (tertiary/aromatic N) is 2. The van der Waals surface area contributed by atoms with E-state index >= 15 is 0 Å². The molecule has 3 N–H and O–H groups in total. The second kappa shape index (κ2) is 7.64. The first-order valence-electron chi connectivity index (χ1n) is 9.77. The highest BCUT2D eigenvalue weighted by molar-refractivity contribution is 5.96. The molecule has 2 atom stereocenters. The lowest BCUT2D eigenvalue weighted by Crippen LogP contribution is -2.55. The fourth-order valence-corrected chi connectivity index (χ4v) is 4.31. The van der Waals surface area contributed by atoms with E-state index in [1.165, 1.54) is 5.56 Å². The van der Waals surface area contributed by atoms with Crippen LogP contribution in [0.5, 0.6) is 0 Å². The first kappa shape index (κ1) is 18.5. The van der Waals surface area contributed by atoms with Crippen LogP contribution in [0.1, 0.15) is 34.3 Å². The summed E-state index contributed by atoms with van der Waals surface area (Å²) in [4.78, 5) is 28.7. The van der Waals surface area contributed by atoms with E-state index in [0.717, 1.165) is 38.0 Å². The Morgan fingerprint density at radius 2 is 1.75 bits per heavy atom. The van der Waals surface area contributed by atoms with Crippen molar-refractivity contribution < 1.29 is 9.59 Å². The Balaban J connectivity index is 1.42. The van der Waals surface area contributed by atoms with E-state index in [0.29, 0.717) is 23.3 Å². The summed E-state index contributed by atoms with van der Waals surface area (Å²) in [5.74, 6) is -0.497. The van der Waals surface area contributed by atoms with Crippen LogP contribution in [0, 0.1) is 6.92 Å². The Morgan fingerprint density at radius 3 is 2.39 bits per heavy atom. The SMILES string of the molecule is Cc1ccc(C(N)=O)cc1NC(=O)N1CC2CCC(C1)N2Cc1ccccc1. The normalized spacial score (nSPS) is 21.5. The van der Waals surface area contributed by atoms with Gasteiger partial charge in [-0.05, 0) is 43.0 Å². The maximum absolute atomic E-state index is 12.9. The van der Waals surface area contributed by atoms with Gasteiger partial charge in [-0.15, -0.1) is 0 Å². The number of benzene rings is 2. The molecule has 2 saturated heterocycles. The maximum atomic E-state index is 12.9.